The maximum atomic E-state index is 13.3. The van der Waals surface area contributed by atoms with E-state index in [1.165, 1.54) is 6.26 Å². The molecular formula is C25H21CdN3O2. The van der Waals surface area contributed by atoms with Crippen LogP contribution in [0.5, 0.6) is 5.75 Å². The number of rotatable bonds is 5. The van der Waals surface area contributed by atoms with E-state index in [1.54, 1.807) is 12.1 Å². The Balaban J connectivity index is 1.50. The summed E-state index contributed by atoms with van der Waals surface area (Å²) in [6.45, 7) is 1.31. The number of benzene rings is 3. The Morgan fingerprint density at radius 1 is 0.903 bits per heavy atom. The van der Waals surface area contributed by atoms with Gasteiger partial charge in [0, 0.05) is 0 Å². The molecule has 2 aliphatic heterocycles. The van der Waals surface area contributed by atoms with Crippen LogP contribution in [0, 0.1) is 0 Å². The molecule has 2 aliphatic rings. The number of nitrogens with zero attached hydrogens (tertiary/aromatic N) is 3. The van der Waals surface area contributed by atoms with Gasteiger partial charge in [0.1, 0.15) is 0 Å². The van der Waals surface area contributed by atoms with Crippen LogP contribution in [0.15, 0.2) is 98.9 Å². The van der Waals surface area contributed by atoms with Gasteiger partial charge in [-0.05, 0) is 0 Å². The summed E-state index contributed by atoms with van der Waals surface area (Å²) in [7, 11) is 0. The molecule has 0 fully saturated rings. The van der Waals surface area contributed by atoms with Gasteiger partial charge in [0.2, 0.25) is 0 Å². The van der Waals surface area contributed by atoms with Crippen LogP contribution in [0.3, 0.4) is 0 Å². The number of carbonyl (C=O) groups excluding carboxylic acids is 1. The van der Waals surface area contributed by atoms with Crippen LogP contribution in [0.25, 0.3) is 0 Å². The fraction of sp³-hybridized carbons (Fsp3) is 0.120. The van der Waals surface area contributed by atoms with Gasteiger partial charge in [0.05, 0.1) is 0 Å². The summed E-state index contributed by atoms with van der Waals surface area (Å²) in [6, 6.07) is 27.8. The van der Waals surface area contributed by atoms with Gasteiger partial charge in [-0.25, -0.2) is 0 Å². The Hall–Kier alpha value is -2.94. The number of anilines is 1. The van der Waals surface area contributed by atoms with Gasteiger partial charge < -0.3 is 0 Å². The van der Waals surface area contributed by atoms with Crippen LogP contribution in [-0.2, 0) is 35.5 Å². The molecule has 3 aromatic carbocycles. The first-order valence-corrected chi connectivity index (χ1v) is 14.4. The fourth-order valence-electron chi connectivity index (χ4n) is 4.12. The second-order valence-corrected chi connectivity index (χ2v) is 13.7. The molecular weight excluding hydrogens is 487 g/mol. The molecule has 0 radical (unpaired) electrons. The van der Waals surface area contributed by atoms with E-state index in [1.807, 2.05) is 65.6 Å². The maximum absolute atomic E-state index is 13.3. The van der Waals surface area contributed by atoms with Gasteiger partial charge >= 0.3 is 194 Å². The van der Waals surface area contributed by atoms with E-state index in [-0.39, 0.29) is 11.7 Å². The Morgan fingerprint density at radius 2 is 1.58 bits per heavy atom. The molecule has 0 bridgehead atoms. The second-order valence-electron chi connectivity index (χ2n) is 7.90. The molecule has 0 aliphatic carbocycles. The van der Waals surface area contributed by atoms with Crippen molar-refractivity contribution >= 4 is 20.4 Å². The molecule has 6 heteroatoms. The molecule has 1 amide bonds. The van der Waals surface area contributed by atoms with Crippen molar-refractivity contribution in [3.05, 3.63) is 99.4 Å². The zero-order valence-corrected chi connectivity index (χ0v) is 21.1. The van der Waals surface area contributed by atoms with E-state index in [4.69, 9.17) is 4.99 Å². The first kappa shape index (κ1) is 20.0. The average molecular weight is 508 g/mol. The van der Waals surface area contributed by atoms with E-state index >= 15 is 0 Å². The van der Waals surface area contributed by atoms with E-state index < -0.39 is 24.2 Å². The van der Waals surface area contributed by atoms with Crippen LogP contribution in [0.4, 0.5) is 5.69 Å². The molecule has 3 aromatic rings. The zero-order valence-electron chi connectivity index (χ0n) is 17.1. The Morgan fingerprint density at radius 3 is 2.29 bits per heavy atom. The molecule has 0 unspecified atom stereocenters. The number of hydrogen-bond acceptors (Lipinski definition) is 4. The Bertz CT molecular complexity index is 1160. The quantitative estimate of drug-likeness (QED) is 0.539. The third kappa shape index (κ3) is 4.27. The number of para-hydroxylation sites is 1. The number of aromatic hydroxyl groups is 1. The van der Waals surface area contributed by atoms with Crippen LogP contribution in [0.1, 0.15) is 5.56 Å². The first-order chi connectivity index (χ1) is 15.2. The SMILES string of the molecule is O=C1C(Cc2ccccc2)=NC2=[C]([Cd][c]3ccc(O)cc3)CN(c3ccccc3)CN12. The van der Waals surface area contributed by atoms with Crippen LogP contribution in [0.2, 0.25) is 0 Å². The van der Waals surface area contributed by atoms with Gasteiger partial charge in [0.25, 0.3) is 0 Å². The summed E-state index contributed by atoms with van der Waals surface area (Å²) < 4.78 is 2.59. The minimum atomic E-state index is -1.63. The van der Waals surface area contributed by atoms with Crippen LogP contribution < -0.4 is 8.02 Å². The Kier molecular flexibility index (Phi) is 5.59. The average Bonchev–Trinajstić information content (AvgIpc) is 3.12. The number of phenolic OH excluding ortho intramolecular Hbond substituents is 1. The monoisotopic (exact) mass is 509 g/mol. The molecule has 0 saturated carbocycles. The molecule has 5 rings (SSSR count). The van der Waals surface area contributed by atoms with Crippen LogP contribution >= 0.6 is 0 Å². The van der Waals surface area contributed by atoms with Crippen molar-refractivity contribution in [2.24, 2.45) is 4.99 Å². The molecule has 0 saturated heterocycles. The normalized spacial score (nSPS) is 15.6. The number of hydrogen-bond donors (Lipinski definition) is 1. The fourth-order valence-corrected chi connectivity index (χ4v) is 9.19. The van der Waals surface area contributed by atoms with Crippen molar-refractivity contribution in [1.29, 1.82) is 0 Å². The van der Waals surface area contributed by atoms with Crippen molar-refractivity contribution in [2.45, 2.75) is 6.42 Å². The topological polar surface area (TPSA) is 56.1 Å². The van der Waals surface area contributed by atoms with Gasteiger partial charge in [-0.2, -0.15) is 0 Å². The van der Waals surface area contributed by atoms with Crippen molar-refractivity contribution in [3.8, 4) is 5.75 Å². The van der Waals surface area contributed by atoms with Crippen molar-refractivity contribution in [1.82, 2.24) is 4.90 Å². The standard InChI is InChI=1S/C19H16N3O.C6H5O.Cd/c23-19-17(13-15-7-3-1-4-8-15)20-18-11-12-21(14-22(18)19)16-9-5-2-6-10-16;7-6-4-2-1-3-5-6;/h1-10H,12-14H2;2-5,7H;. The minimum absolute atomic E-state index is 0.00831. The summed E-state index contributed by atoms with van der Waals surface area (Å²) in [5.74, 6) is 1.16. The molecule has 0 spiro atoms. The van der Waals surface area contributed by atoms with Crippen LogP contribution in [-0.4, -0.2) is 34.8 Å². The third-order valence-electron chi connectivity index (χ3n) is 5.69. The number of fused-ring (bicyclic) bond motifs is 1. The van der Waals surface area contributed by atoms with E-state index in [0.717, 1.165) is 23.6 Å². The molecule has 31 heavy (non-hydrogen) atoms. The van der Waals surface area contributed by atoms with Gasteiger partial charge in [0.15, 0.2) is 0 Å². The zero-order chi connectivity index (χ0) is 21.2. The predicted octanol–water partition coefficient (Wildman–Crippen LogP) is 3.27. The number of amides is 1. The summed E-state index contributed by atoms with van der Waals surface area (Å²) in [4.78, 5) is 22.3. The number of aliphatic imine (C=N–C) groups is 1. The van der Waals surface area contributed by atoms with E-state index in [0.29, 0.717) is 18.8 Å². The molecule has 150 valence electrons. The molecule has 1 N–H and O–H groups in total. The van der Waals surface area contributed by atoms with Crippen molar-refractivity contribution in [3.63, 3.8) is 0 Å². The summed E-state index contributed by atoms with van der Waals surface area (Å²) in [6.07, 6.45) is 0.549. The molecule has 5 nitrogen and oxygen atoms in total. The number of phenols is 1. The summed E-state index contributed by atoms with van der Waals surface area (Å²) in [5.41, 5.74) is 2.82. The van der Waals surface area contributed by atoms with E-state index in [2.05, 4.69) is 17.0 Å². The summed E-state index contributed by atoms with van der Waals surface area (Å²) in [5, 5.41) is 9.64. The molecule has 2 heterocycles. The molecule has 0 atom stereocenters. The predicted molar refractivity (Wildman–Crippen MR) is 118 cm³/mol. The third-order valence-corrected chi connectivity index (χ3v) is 11.0. The second kappa shape index (κ2) is 8.66. The van der Waals surface area contributed by atoms with E-state index in [9.17, 15) is 9.90 Å². The van der Waals surface area contributed by atoms with Gasteiger partial charge in [-0.15, -0.1) is 0 Å². The molecule has 0 aromatic heterocycles. The van der Waals surface area contributed by atoms with Crippen molar-refractivity contribution in [2.75, 3.05) is 18.1 Å². The van der Waals surface area contributed by atoms with Crippen molar-refractivity contribution < 1.29 is 34.1 Å². The number of carbonyl (C=O) groups is 1. The summed E-state index contributed by atoms with van der Waals surface area (Å²) >= 11 is -1.63. The first-order valence-electron chi connectivity index (χ1n) is 10.4. The Labute approximate surface area is 193 Å². The van der Waals surface area contributed by atoms with Gasteiger partial charge in [-0.3, -0.25) is 0 Å². The van der Waals surface area contributed by atoms with Gasteiger partial charge in [-0.1, -0.05) is 0 Å².